The van der Waals surface area contributed by atoms with Crippen LogP contribution in [0.4, 0.5) is 0 Å². The summed E-state index contributed by atoms with van der Waals surface area (Å²) < 4.78 is 2.31. The summed E-state index contributed by atoms with van der Waals surface area (Å²) in [6.07, 6.45) is 1.02. The summed E-state index contributed by atoms with van der Waals surface area (Å²) >= 11 is 8.76. The fourth-order valence-corrected chi connectivity index (χ4v) is 3.54. The molecule has 1 nitrogen and oxygen atoms in total. The van der Waals surface area contributed by atoms with Gasteiger partial charge in [-0.1, -0.05) is 28.1 Å². The van der Waals surface area contributed by atoms with Crippen LogP contribution in [-0.2, 0) is 6.42 Å². The lowest BCUT2D eigenvalue weighted by Gasteiger charge is -2.15. The number of rotatable bonds is 4. The van der Waals surface area contributed by atoms with Crippen molar-refractivity contribution in [1.29, 1.82) is 0 Å². The zero-order chi connectivity index (χ0) is 12.3. The molecule has 0 amide bonds. The van der Waals surface area contributed by atoms with E-state index in [4.69, 9.17) is 0 Å². The average Bonchev–Trinajstić information content (AvgIpc) is 2.73. The summed E-state index contributed by atoms with van der Waals surface area (Å²) in [7, 11) is 2.01. The van der Waals surface area contributed by atoms with Crippen molar-refractivity contribution in [1.82, 2.24) is 5.32 Å². The number of hydrogen-bond donors (Lipinski definition) is 1. The Balaban J connectivity index is 2.13. The fraction of sp³-hybridized carbons (Fsp3) is 0.231. The van der Waals surface area contributed by atoms with Gasteiger partial charge in [-0.3, -0.25) is 0 Å². The molecule has 1 unspecified atom stereocenters. The first-order chi connectivity index (χ1) is 8.19. The molecule has 1 atom stereocenters. The molecule has 1 N–H and O–H groups in total. The second kappa shape index (κ2) is 6.14. The average molecular weight is 375 g/mol. The summed E-state index contributed by atoms with van der Waals surface area (Å²) in [6.45, 7) is 0. The van der Waals surface area contributed by atoms with Gasteiger partial charge >= 0.3 is 0 Å². The van der Waals surface area contributed by atoms with Gasteiger partial charge in [0.1, 0.15) is 0 Å². The van der Waals surface area contributed by atoms with Gasteiger partial charge in [-0.2, -0.15) is 0 Å². The van der Waals surface area contributed by atoms with Crippen molar-refractivity contribution in [2.45, 2.75) is 12.5 Å². The van der Waals surface area contributed by atoms with Crippen molar-refractivity contribution in [3.63, 3.8) is 0 Å². The van der Waals surface area contributed by atoms with Crippen LogP contribution in [0, 0.1) is 0 Å². The second-order valence-corrected chi connectivity index (χ2v) is 7.27. The summed E-state index contributed by atoms with van der Waals surface area (Å²) in [5.74, 6) is 0. The van der Waals surface area contributed by atoms with Crippen molar-refractivity contribution in [2.24, 2.45) is 0 Å². The number of likely N-dealkylation sites (N-methyl/N-ethyl adjacent to an activating group) is 1. The van der Waals surface area contributed by atoms with Gasteiger partial charge in [0.15, 0.2) is 0 Å². The standard InChI is InChI=1S/C13H13Br2NS/c1-16-12(8-11-6-7-13(15)17-11)9-2-4-10(14)5-3-9/h2-7,12,16H,8H2,1H3. The highest BCUT2D eigenvalue weighted by Crippen LogP contribution is 2.27. The molecular formula is C13H13Br2NS. The molecule has 1 heterocycles. The van der Waals surface area contributed by atoms with Crippen LogP contribution in [0.3, 0.4) is 0 Å². The van der Waals surface area contributed by atoms with E-state index in [1.165, 1.54) is 14.2 Å². The van der Waals surface area contributed by atoms with Crippen LogP contribution in [0.25, 0.3) is 0 Å². The van der Waals surface area contributed by atoms with Gasteiger partial charge < -0.3 is 5.32 Å². The predicted octanol–water partition coefficient (Wildman–Crippen LogP) is 4.78. The maximum Gasteiger partial charge on any atom is 0.0701 e. The van der Waals surface area contributed by atoms with Crippen molar-refractivity contribution < 1.29 is 0 Å². The lowest BCUT2D eigenvalue weighted by atomic mass is 10.0. The smallest absolute Gasteiger partial charge is 0.0701 e. The Morgan fingerprint density at radius 2 is 1.82 bits per heavy atom. The number of nitrogens with one attached hydrogen (secondary N) is 1. The highest BCUT2D eigenvalue weighted by atomic mass is 79.9. The fourth-order valence-electron chi connectivity index (χ4n) is 1.74. The molecule has 0 saturated heterocycles. The first-order valence-electron chi connectivity index (χ1n) is 5.36. The third kappa shape index (κ3) is 3.65. The van der Waals surface area contributed by atoms with Crippen LogP contribution >= 0.6 is 43.2 Å². The van der Waals surface area contributed by atoms with Gasteiger partial charge in [-0.15, -0.1) is 11.3 Å². The largest absolute Gasteiger partial charge is 0.313 e. The Bertz CT molecular complexity index is 478. The Labute approximate surface area is 123 Å². The summed E-state index contributed by atoms with van der Waals surface area (Å²) in [6, 6.07) is 13.1. The molecule has 2 aromatic rings. The Hall–Kier alpha value is -0.160. The first-order valence-corrected chi connectivity index (χ1v) is 7.76. The van der Waals surface area contributed by atoms with E-state index in [1.807, 2.05) is 7.05 Å². The summed E-state index contributed by atoms with van der Waals surface area (Å²) in [5, 5.41) is 3.37. The van der Waals surface area contributed by atoms with E-state index in [1.54, 1.807) is 11.3 Å². The Kier molecular flexibility index (Phi) is 4.79. The van der Waals surface area contributed by atoms with Crippen molar-refractivity contribution in [3.05, 3.63) is 55.1 Å². The molecule has 0 aliphatic rings. The van der Waals surface area contributed by atoms with E-state index in [9.17, 15) is 0 Å². The lowest BCUT2D eigenvalue weighted by molar-refractivity contribution is 0.596. The monoisotopic (exact) mass is 373 g/mol. The highest BCUT2D eigenvalue weighted by molar-refractivity contribution is 9.11. The molecule has 90 valence electrons. The first kappa shape index (κ1) is 13.3. The molecule has 1 aromatic carbocycles. The zero-order valence-corrected chi connectivity index (χ0v) is 13.4. The third-order valence-electron chi connectivity index (χ3n) is 2.66. The van der Waals surface area contributed by atoms with E-state index in [0.29, 0.717) is 6.04 Å². The van der Waals surface area contributed by atoms with E-state index < -0.39 is 0 Å². The Morgan fingerprint density at radius 3 is 2.35 bits per heavy atom. The van der Waals surface area contributed by atoms with Crippen LogP contribution in [0.5, 0.6) is 0 Å². The van der Waals surface area contributed by atoms with Crippen molar-refractivity contribution >= 4 is 43.2 Å². The van der Waals surface area contributed by atoms with E-state index in [-0.39, 0.29) is 0 Å². The second-order valence-electron chi connectivity index (χ2n) is 3.80. The minimum Gasteiger partial charge on any atom is -0.313 e. The van der Waals surface area contributed by atoms with E-state index in [0.717, 1.165) is 10.9 Å². The zero-order valence-electron chi connectivity index (χ0n) is 9.41. The predicted molar refractivity (Wildman–Crippen MR) is 81.7 cm³/mol. The molecule has 0 saturated carbocycles. The Morgan fingerprint density at radius 1 is 1.12 bits per heavy atom. The minimum absolute atomic E-state index is 0.369. The number of benzene rings is 1. The molecule has 0 spiro atoms. The molecule has 0 fully saturated rings. The molecule has 0 aliphatic heterocycles. The number of thiophene rings is 1. The van der Waals surface area contributed by atoms with Crippen LogP contribution in [-0.4, -0.2) is 7.05 Å². The summed E-state index contributed by atoms with van der Waals surface area (Å²) in [4.78, 5) is 1.39. The molecule has 2 rings (SSSR count). The van der Waals surface area contributed by atoms with Crippen LogP contribution in [0.1, 0.15) is 16.5 Å². The molecule has 17 heavy (non-hydrogen) atoms. The lowest BCUT2D eigenvalue weighted by Crippen LogP contribution is -2.18. The topological polar surface area (TPSA) is 12.0 Å². The van der Waals surface area contributed by atoms with Crippen molar-refractivity contribution in [2.75, 3.05) is 7.05 Å². The van der Waals surface area contributed by atoms with Crippen molar-refractivity contribution in [3.8, 4) is 0 Å². The van der Waals surface area contributed by atoms with Gasteiger partial charge in [0.25, 0.3) is 0 Å². The summed E-state index contributed by atoms with van der Waals surface area (Å²) in [5.41, 5.74) is 1.32. The van der Waals surface area contributed by atoms with E-state index in [2.05, 4.69) is 73.6 Å². The minimum atomic E-state index is 0.369. The van der Waals surface area contributed by atoms with Gasteiger partial charge in [0.05, 0.1) is 3.79 Å². The van der Waals surface area contributed by atoms with Crippen LogP contribution < -0.4 is 5.32 Å². The SMILES string of the molecule is CNC(Cc1ccc(Br)s1)c1ccc(Br)cc1. The molecule has 4 heteroatoms. The molecular weight excluding hydrogens is 362 g/mol. The number of hydrogen-bond acceptors (Lipinski definition) is 2. The van der Waals surface area contributed by atoms with Crippen LogP contribution in [0.15, 0.2) is 44.7 Å². The molecule has 1 aromatic heterocycles. The molecule has 0 radical (unpaired) electrons. The van der Waals surface area contributed by atoms with Gasteiger partial charge in [0, 0.05) is 21.8 Å². The third-order valence-corrected chi connectivity index (χ3v) is 4.83. The van der Waals surface area contributed by atoms with E-state index >= 15 is 0 Å². The quantitative estimate of drug-likeness (QED) is 0.812. The number of halogens is 2. The van der Waals surface area contributed by atoms with Crippen LogP contribution in [0.2, 0.25) is 0 Å². The normalized spacial score (nSPS) is 12.6. The van der Waals surface area contributed by atoms with Gasteiger partial charge in [-0.05, 0) is 52.8 Å². The highest BCUT2D eigenvalue weighted by Gasteiger charge is 2.11. The molecule has 0 bridgehead atoms. The van der Waals surface area contributed by atoms with Gasteiger partial charge in [0.2, 0.25) is 0 Å². The maximum absolute atomic E-state index is 3.50. The molecule has 0 aliphatic carbocycles. The van der Waals surface area contributed by atoms with Gasteiger partial charge in [-0.25, -0.2) is 0 Å². The maximum atomic E-state index is 3.50.